The van der Waals surface area contributed by atoms with E-state index in [1.54, 1.807) is 7.11 Å². The van der Waals surface area contributed by atoms with E-state index in [-0.39, 0.29) is 5.41 Å². The Labute approximate surface area is 140 Å². The molecule has 23 heavy (non-hydrogen) atoms. The van der Waals surface area contributed by atoms with Gasteiger partial charge in [0.1, 0.15) is 0 Å². The molecule has 4 nitrogen and oxygen atoms in total. The summed E-state index contributed by atoms with van der Waals surface area (Å²) in [4.78, 5) is 17.0. The van der Waals surface area contributed by atoms with Gasteiger partial charge < -0.3 is 9.64 Å². The highest BCUT2D eigenvalue weighted by Gasteiger charge is 2.50. The molecule has 1 unspecified atom stereocenters. The lowest BCUT2D eigenvalue weighted by molar-refractivity contribution is -0.132. The van der Waals surface area contributed by atoms with Crippen LogP contribution in [0.4, 0.5) is 0 Å². The van der Waals surface area contributed by atoms with E-state index in [9.17, 15) is 4.79 Å². The van der Waals surface area contributed by atoms with Gasteiger partial charge in [0, 0.05) is 31.5 Å². The summed E-state index contributed by atoms with van der Waals surface area (Å²) < 4.78 is 5.33. The molecule has 1 saturated heterocycles. The molecular formula is C19H32N2O2. The van der Waals surface area contributed by atoms with Crippen molar-refractivity contribution in [2.24, 2.45) is 29.1 Å². The minimum absolute atomic E-state index is 0.00324. The lowest BCUT2D eigenvalue weighted by Gasteiger charge is -2.57. The van der Waals surface area contributed by atoms with Crippen molar-refractivity contribution < 1.29 is 9.53 Å². The van der Waals surface area contributed by atoms with Crippen LogP contribution in [0.5, 0.6) is 0 Å². The summed E-state index contributed by atoms with van der Waals surface area (Å²) >= 11 is 0. The smallest absolute Gasteiger partial charge is 0.224 e. The number of carbonyl (C=O) groups excluding carboxylic acids is 1. The molecule has 0 N–H and O–H groups in total. The van der Waals surface area contributed by atoms with Gasteiger partial charge in [0.15, 0.2) is 0 Å². The molecule has 0 spiro atoms. The Morgan fingerprint density at radius 1 is 1.17 bits per heavy atom. The van der Waals surface area contributed by atoms with Crippen LogP contribution in [0.3, 0.4) is 0 Å². The van der Waals surface area contributed by atoms with E-state index in [2.05, 4.69) is 23.8 Å². The largest absolute Gasteiger partial charge is 0.384 e. The summed E-state index contributed by atoms with van der Waals surface area (Å²) in [5, 5.41) is 0. The van der Waals surface area contributed by atoms with E-state index in [1.807, 2.05) is 0 Å². The SMILES string of the molecule is COCC1(C)CC(=O)N(CN(C)C2C3CC4CC(C3)CC2C4)C1. The number of nitrogens with zero attached hydrogens (tertiary/aromatic N) is 2. The van der Waals surface area contributed by atoms with Gasteiger partial charge in [0.25, 0.3) is 0 Å². The summed E-state index contributed by atoms with van der Waals surface area (Å²) in [5.74, 6) is 4.11. The Bertz CT molecular complexity index is 452. The van der Waals surface area contributed by atoms with Crippen LogP contribution in [0.2, 0.25) is 0 Å². The van der Waals surface area contributed by atoms with E-state index >= 15 is 0 Å². The molecule has 1 amide bonds. The second-order valence-corrected chi connectivity index (χ2v) is 9.33. The highest BCUT2D eigenvalue weighted by Crippen LogP contribution is 2.55. The van der Waals surface area contributed by atoms with Gasteiger partial charge in [-0.25, -0.2) is 0 Å². The van der Waals surface area contributed by atoms with Crippen LogP contribution in [0.15, 0.2) is 0 Å². The third-order valence-corrected chi connectivity index (χ3v) is 7.08. The van der Waals surface area contributed by atoms with Crippen molar-refractivity contribution in [3.05, 3.63) is 0 Å². The first-order chi connectivity index (χ1) is 11.0. The number of hydrogen-bond acceptors (Lipinski definition) is 3. The first-order valence-electron chi connectivity index (χ1n) is 9.44. The van der Waals surface area contributed by atoms with E-state index < -0.39 is 0 Å². The average molecular weight is 320 g/mol. The molecule has 4 heteroatoms. The van der Waals surface area contributed by atoms with Gasteiger partial charge in [-0.1, -0.05) is 6.92 Å². The molecule has 5 aliphatic rings. The predicted octanol–water partition coefficient (Wildman–Crippen LogP) is 2.59. The van der Waals surface area contributed by atoms with Crippen LogP contribution in [-0.2, 0) is 9.53 Å². The fourth-order valence-electron chi connectivity index (χ4n) is 6.64. The van der Waals surface area contributed by atoms with Gasteiger partial charge in [-0.2, -0.15) is 0 Å². The molecule has 0 aromatic heterocycles. The first-order valence-corrected chi connectivity index (χ1v) is 9.44. The topological polar surface area (TPSA) is 32.8 Å². The molecule has 4 saturated carbocycles. The van der Waals surface area contributed by atoms with E-state index in [4.69, 9.17) is 4.74 Å². The quantitative estimate of drug-likeness (QED) is 0.780. The molecule has 1 atom stereocenters. The van der Waals surface area contributed by atoms with Gasteiger partial charge in [-0.3, -0.25) is 9.69 Å². The molecule has 0 aromatic rings. The third-order valence-electron chi connectivity index (χ3n) is 7.08. The minimum atomic E-state index is -0.00324. The number of amides is 1. The Morgan fingerprint density at radius 3 is 2.35 bits per heavy atom. The van der Waals surface area contributed by atoms with Gasteiger partial charge in [0.05, 0.1) is 13.3 Å². The molecule has 130 valence electrons. The number of methoxy groups -OCH3 is 1. The van der Waals surface area contributed by atoms with Crippen molar-refractivity contribution in [3.63, 3.8) is 0 Å². The van der Waals surface area contributed by atoms with Gasteiger partial charge in [0.2, 0.25) is 5.91 Å². The zero-order valence-electron chi connectivity index (χ0n) is 15.0. The van der Waals surface area contributed by atoms with Crippen molar-refractivity contribution >= 4 is 5.91 Å². The maximum atomic E-state index is 12.4. The van der Waals surface area contributed by atoms with Crippen LogP contribution in [-0.4, -0.2) is 55.7 Å². The van der Waals surface area contributed by atoms with Crippen LogP contribution in [0, 0.1) is 29.1 Å². The Morgan fingerprint density at radius 2 is 1.78 bits per heavy atom. The van der Waals surface area contributed by atoms with Crippen molar-refractivity contribution in [2.75, 3.05) is 34.0 Å². The normalized spacial score (nSPS) is 45.5. The molecule has 4 bridgehead atoms. The summed E-state index contributed by atoms with van der Waals surface area (Å²) in [7, 11) is 3.99. The van der Waals surface area contributed by atoms with Crippen molar-refractivity contribution in [1.29, 1.82) is 0 Å². The maximum Gasteiger partial charge on any atom is 0.224 e. The minimum Gasteiger partial charge on any atom is -0.384 e. The fourth-order valence-corrected chi connectivity index (χ4v) is 6.64. The van der Waals surface area contributed by atoms with Crippen molar-refractivity contribution in [1.82, 2.24) is 9.80 Å². The standard InChI is InChI=1S/C19H32N2O2/c1-19(11-23-3)9-17(22)21(10-19)12-20(2)18-15-5-13-4-14(7-15)8-16(18)6-13/h13-16,18H,4-12H2,1-3H3. The summed E-state index contributed by atoms with van der Waals surface area (Å²) in [6, 6.07) is 0.713. The van der Waals surface area contributed by atoms with Gasteiger partial charge >= 0.3 is 0 Å². The van der Waals surface area contributed by atoms with Crippen LogP contribution >= 0.6 is 0 Å². The number of carbonyl (C=O) groups is 1. The second kappa shape index (κ2) is 5.73. The van der Waals surface area contributed by atoms with Crippen LogP contribution in [0.1, 0.15) is 45.4 Å². The summed E-state index contributed by atoms with van der Waals surface area (Å²) in [6.07, 6.45) is 7.91. The number of ether oxygens (including phenoxy) is 1. The molecule has 5 rings (SSSR count). The summed E-state index contributed by atoms with van der Waals surface area (Å²) in [5.41, 5.74) is -0.00324. The van der Waals surface area contributed by atoms with Crippen LogP contribution in [0.25, 0.3) is 0 Å². The highest BCUT2D eigenvalue weighted by molar-refractivity contribution is 5.79. The zero-order valence-corrected chi connectivity index (χ0v) is 15.0. The lowest BCUT2D eigenvalue weighted by atomic mass is 9.54. The van der Waals surface area contributed by atoms with Gasteiger partial charge in [-0.05, 0) is 62.8 Å². The lowest BCUT2D eigenvalue weighted by Crippen LogP contribution is -2.56. The Balaban J connectivity index is 1.40. The number of likely N-dealkylation sites (tertiary alicyclic amines) is 1. The van der Waals surface area contributed by atoms with E-state index in [1.165, 1.54) is 32.1 Å². The third kappa shape index (κ3) is 2.82. The molecule has 0 aromatic carbocycles. The molecule has 4 aliphatic carbocycles. The maximum absolute atomic E-state index is 12.4. The molecule has 0 radical (unpaired) electrons. The molecule has 1 heterocycles. The average Bonchev–Trinajstić information content (AvgIpc) is 2.72. The summed E-state index contributed by atoms with van der Waals surface area (Å²) in [6.45, 7) is 4.51. The molecular weight excluding hydrogens is 288 g/mol. The fraction of sp³-hybridized carbons (Fsp3) is 0.947. The monoisotopic (exact) mass is 320 g/mol. The predicted molar refractivity (Wildman–Crippen MR) is 89.8 cm³/mol. The van der Waals surface area contributed by atoms with Crippen molar-refractivity contribution in [3.8, 4) is 0 Å². The van der Waals surface area contributed by atoms with Gasteiger partial charge in [-0.15, -0.1) is 0 Å². The molecule has 1 aliphatic heterocycles. The van der Waals surface area contributed by atoms with E-state index in [0.29, 0.717) is 25.0 Å². The van der Waals surface area contributed by atoms with Crippen molar-refractivity contribution in [2.45, 2.75) is 51.5 Å². The van der Waals surface area contributed by atoms with Crippen LogP contribution < -0.4 is 0 Å². The first kappa shape index (κ1) is 15.9. The molecule has 5 fully saturated rings. The number of rotatable bonds is 5. The number of hydrogen-bond donors (Lipinski definition) is 0. The highest BCUT2D eigenvalue weighted by atomic mass is 16.5. The second-order valence-electron chi connectivity index (χ2n) is 9.33. The van der Waals surface area contributed by atoms with E-state index in [0.717, 1.165) is 36.9 Å². The zero-order chi connectivity index (χ0) is 16.2. The Hall–Kier alpha value is -0.610. The Kier molecular flexibility index (Phi) is 3.96.